The molecule has 0 aliphatic heterocycles. The van der Waals surface area contributed by atoms with Crippen LogP contribution < -0.4 is 17.2 Å². The lowest BCUT2D eigenvalue weighted by Gasteiger charge is -2.16. The molecule has 0 heterocycles. The van der Waals surface area contributed by atoms with Crippen LogP contribution in [-0.2, 0) is 10.1 Å². The maximum atomic E-state index is 11.5. The van der Waals surface area contributed by atoms with E-state index in [4.69, 9.17) is 17.2 Å². The van der Waals surface area contributed by atoms with Crippen molar-refractivity contribution >= 4 is 27.2 Å². The number of rotatable bonds is 2. The Bertz CT molecular complexity index is 786. The fourth-order valence-corrected chi connectivity index (χ4v) is 2.84. The van der Waals surface area contributed by atoms with E-state index >= 15 is 0 Å². The number of hydrogen-bond donors (Lipinski definition) is 4. The first-order chi connectivity index (χ1) is 9.23. The average Bonchev–Trinajstić information content (AvgIpc) is 2.35. The minimum atomic E-state index is -4.37. The second-order valence-electron chi connectivity index (χ2n) is 4.44. The molecule has 0 saturated carbocycles. The molecule has 0 atom stereocenters. The van der Waals surface area contributed by atoms with Crippen molar-refractivity contribution in [1.82, 2.24) is 0 Å². The molecule has 20 heavy (non-hydrogen) atoms. The molecule has 0 bridgehead atoms. The predicted octanol–water partition coefficient (Wildman–Crippen LogP) is 1.66. The van der Waals surface area contributed by atoms with Crippen LogP contribution in [0.4, 0.5) is 17.1 Å². The molecule has 0 radical (unpaired) electrons. The Hall–Kier alpha value is -2.25. The van der Waals surface area contributed by atoms with Crippen molar-refractivity contribution in [3.63, 3.8) is 0 Å². The number of nitrogen functional groups attached to an aromatic ring is 3. The highest BCUT2D eigenvalue weighted by molar-refractivity contribution is 7.86. The standard InChI is InChI=1S/C13H15N3O3S/c1-7-12(9(14)6-10(15)13(7)16)8-4-2-3-5-11(8)20(17,18)19/h2-6H,14-16H2,1H3,(H,17,18,19). The van der Waals surface area contributed by atoms with E-state index in [1.807, 2.05) is 0 Å². The summed E-state index contributed by atoms with van der Waals surface area (Å²) in [6, 6.07) is 7.49. The van der Waals surface area contributed by atoms with Gasteiger partial charge in [-0.1, -0.05) is 18.2 Å². The van der Waals surface area contributed by atoms with Gasteiger partial charge in [-0.05, 0) is 24.6 Å². The molecule has 0 aliphatic rings. The van der Waals surface area contributed by atoms with E-state index in [0.717, 1.165) is 0 Å². The maximum Gasteiger partial charge on any atom is 0.295 e. The summed E-state index contributed by atoms with van der Waals surface area (Å²) >= 11 is 0. The Morgan fingerprint density at radius 3 is 2.25 bits per heavy atom. The summed E-state index contributed by atoms with van der Waals surface area (Å²) in [7, 11) is -4.37. The van der Waals surface area contributed by atoms with E-state index in [1.54, 1.807) is 19.1 Å². The molecule has 106 valence electrons. The number of benzene rings is 2. The molecule has 2 aromatic rings. The zero-order valence-corrected chi connectivity index (χ0v) is 11.6. The van der Waals surface area contributed by atoms with Crippen LogP contribution in [0.25, 0.3) is 11.1 Å². The highest BCUT2D eigenvalue weighted by atomic mass is 32.2. The molecule has 0 spiro atoms. The van der Waals surface area contributed by atoms with Crippen molar-refractivity contribution in [1.29, 1.82) is 0 Å². The molecule has 0 aromatic heterocycles. The van der Waals surface area contributed by atoms with Crippen LogP contribution in [0.1, 0.15) is 5.56 Å². The first-order valence-electron chi connectivity index (χ1n) is 5.74. The predicted molar refractivity (Wildman–Crippen MR) is 79.7 cm³/mol. The molecule has 7 N–H and O–H groups in total. The Labute approximate surface area is 117 Å². The topological polar surface area (TPSA) is 132 Å². The van der Waals surface area contributed by atoms with Crippen LogP contribution >= 0.6 is 0 Å². The van der Waals surface area contributed by atoms with Crippen LogP contribution in [0.15, 0.2) is 35.2 Å². The Kier molecular flexibility index (Phi) is 3.33. The van der Waals surface area contributed by atoms with Crippen molar-refractivity contribution in [3.05, 3.63) is 35.9 Å². The summed E-state index contributed by atoms with van der Waals surface area (Å²) in [5.74, 6) is 0. The van der Waals surface area contributed by atoms with Gasteiger partial charge in [-0.2, -0.15) is 8.42 Å². The van der Waals surface area contributed by atoms with Gasteiger partial charge in [0.05, 0.1) is 11.4 Å². The molecule has 0 saturated heterocycles. The van der Waals surface area contributed by atoms with Gasteiger partial charge < -0.3 is 17.2 Å². The fourth-order valence-electron chi connectivity index (χ4n) is 2.14. The van der Waals surface area contributed by atoms with E-state index < -0.39 is 10.1 Å². The normalized spacial score (nSPS) is 11.5. The van der Waals surface area contributed by atoms with Crippen LogP contribution in [0.2, 0.25) is 0 Å². The molecular weight excluding hydrogens is 278 g/mol. The lowest BCUT2D eigenvalue weighted by atomic mass is 9.96. The quantitative estimate of drug-likeness (QED) is 0.491. The highest BCUT2D eigenvalue weighted by Gasteiger charge is 2.20. The second-order valence-corrected chi connectivity index (χ2v) is 5.83. The van der Waals surface area contributed by atoms with E-state index in [-0.39, 0.29) is 10.5 Å². The van der Waals surface area contributed by atoms with Crippen LogP contribution in [0, 0.1) is 6.92 Å². The van der Waals surface area contributed by atoms with Gasteiger partial charge in [0, 0.05) is 16.8 Å². The van der Waals surface area contributed by atoms with Gasteiger partial charge in [-0.3, -0.25) is 4.55 Å². The van der Waals surface area contributed by atoms with Gasteiger partial charge in [-0.15, -0.1) is 0 Å². The largest absolute Gasteiger partial charge is 0.398 e. The maximum absolute atomic E-state index is 11.5. The Balaban J connectivity index is 2.87. The molecule has 6 nitrogen and oxygen atoms in total. The molecule has 2 rings (SSSR count). The summed E-state index contributed by atoms with van der Waals surface area (Å²) in [5.41, 5.74) is 19.8. The van der Waals surface area contributed by atoms with Crippen LogP contribution in [0.3, 0.4) is 0 Å². The van der Waals surface area contributed by atoms with E-state index in [2.05, 4.69) is 0 Å². The van der Waals surface area contributed by atoms with Gasteiger partial charge in [0.25, 0.3) is 10.1 Å². The molecule has 0 aliphatic carbocycles. The average molecular weight is 293 g/mol. The Morgan fingerprint density at radius 1 is 1.05 bits per heavy atom. The Morgan fingerprint density at radius 2 is 1.65 bits per heavy atom. The van der Waals surface area contributed by atoms with Gasteiger partial charge in [-0.25, -0.2) is 0 Å². The molecule has 7 heteroatoms. The summed E-state index contributed by atoms with van der Waals surface area (Å²) in [6.45, 7) is 1.69. The number of hydrogen-bond acceptors (Lipinski definition) is 5. The molecular formula is C13H15N3O3S. The van der Waals surface area contributed by atoms with Crippen molar-refractivity contribution < 1.29 is 13.0 Å². The third-order valence-corrected chi connectivity index (χ3v) is 4.04. The van der Waals surface area contributed by atoms with E-state index in [0.29, 0.717) is 28.2 Å². The first kappa shape index (κ1) is 14.2. The molecule has 0 fully saturated rings. The SMILES string of the molecule is Cc1c(N)c(N)cc(N)c1-c1ccccc1S(=O)(=O)O. The second kappa shape index (κ2) is 4.69. The highest BCUT2D eigenvalue weighted by Crippen LogP contribution is 2.39. The van der Waals surface area contributed by atoms with Crippen molar-refractivity contribution in [3.8, 4) is 11.1 Å². The summed E-state index contributed by atoms with van der Waals surface area (Å²) < 4.78 is 32.2. The summed E-state index contributed by atoms with van der Waals surface area (Å²) in [6.07, 6.45) is 0. The van der Waals surface area contributed by atoms with Gasteiger partial charge >= 0.3 is 0 Å². The first-order valence-corrected chi connectivity index (χ1v) is 7.18. The van der Waals surface area contributed by atoms with Gasteiger partial charge in [0.2, 0.25) is 0 Å². The smallest absolute Gasteiger partial charge is 0.295 e. The van der Waals surface area contributed by atoms with Crippen LogP contribution in [0.5, 0.6) is 0 Å². The van der Waals surface area contributed by atoms with E-state index in [9.17, 15) is 13.0 Å². The van der Waals surface area contributed by atoms with Gasteiger partial charge in [0.1, 0.15) is 4.90 Å². The van der Waals surface area contributed by atoms with Crippen molar-refractivity contribution in [2.24, 2.45) is 0 Å². The molecule has 2 aromatic carbocycles. The molecule has 0 unspecified atom stereocenters. The number of anilines is 3. The van der Waals surface area contributed by atoms with E-state index in [1.165, 1.54) is 18.2 Å². The van der Waals surface area contributed by atoms with Crippen molar-refractivity contribution in [2.45, 2.75) is 11.8 Å². The summed E-state index contributed by atoms with van der Waals surface area (Å²) in [5, 5.41) is 0. The minimum absolute atomic E-state index is 0.223. The number of nitrogens with two attached hydrogens (primary N) is 3. The molecule has 0 amide bonds. The minimum Gasteiger partial charge on any atom is -0.398 e. The zero-order valence-electron chi connectivity index (χ0n) is 10.8. The lowest BCUT2D eigenvalue weighted by molar-refractivity contribution is 0.483. The fraction of sp³-hybridized carbons (Fsp3) is 0.0769. The third kappa shape index (κ3) is 2.28. The zero-order chi connectivity index (χ0) is 15.1. The van der Waals surface area contributed by atoms with Crippen molar-refractivity contribution in [2.75, 3.05) is 17.2 Å². The summed E-state index contributed by atoms with van der Waals surface area (Å²) in [4.78, 5) is -0.223. The monoisotopic (exact) mass is 293 g/mol. The third-order valence-electron chi connectivity index (χ3n) is 3.12. The van der Waals surface area contributed by atoms with Gasteiger partial charge in [0.15, 0.2) is 0 Å². The van der Waals surface area contributed by atoms with Crippen LogP contribution in [-0.4, -0.2) is 13.0 Å². The lowest BCUT2D eigenvalue weighted by Crippen LogP contribution is -2.06.